The van der Waals surface area contributed by atoms with Crippen LogP contribution in [0.2, 0.25) is 0 Å². The number of rotatable bonds is 4. The number of Topliss-reactive ketones (excluding diaryl/α,β-unsaturated/α-hetero) is 1. The predicted octanol–water partition coefficient (Wildman–Crippen LogP) is 5.04. The number of amides is 2. The Labute approximate surface area is 217 Å². The van der Waals surface area contributed by atoms with E-state index in [0.717, 1.165) is 16.8 Å². The van der Waals surface area contributed by atoms with Gasteiger partial charge in [-0.3, -0.25) is 14.4 Å². The molecule has 2 saturated heterocycles. The first-order valence-corrected chi connectivity index (χ1v) is 12.6. The zero-order chi connectivity index (χ0) is 25.1. The van der Waals surface area contributed by atoms with Crippen molar-refractivity contribution in [2.24, 2.45) is 11.8 Å². The number of carbonyl (C=O) groups is 3. The number of anilines is 2. The van der Waals surface area contributed by atoms with Crippen LogP contribution >= 0.6 is 15.9 Å². The Kier molecular flexibility index (Phi) is 5.34. The van der Waals surface area contributed by atoms with Gasteiger partial charge in [0.25, 0.3) is 0 Å². The molecular weight excluding hydrogens is 520 g/mol. The number of ketones is 1. The Morgan fingerprint density at radius 3 is 2.39 bits per heavy atom. The van der Waals surface area contributed by atoms with Gasteiger partial charge in [0.1, 0.15) is 11.8 Å². The second kappa shape index (κ2) is 8.45. The first-order valence-electron chi connectivity index (χ1n) is 11.8. The van der Waals surface area contributed by atoms with Gasteiger partial charge in [0.05, 0.1) is 35.1 Å². The summed E-state index contributed by atoms with van der Waals surface area (Å²) in [5.74, 6) is -1.64. The fourth-order valence-corrected chi connectivity index (χ4v) is 6.29. The standard InChI is InChI=1S/C29H23BrN2O4/c1-16-7-11-19(12-8-16)31-28(34)24-22-13-9-17-5-3-4-6-21(17)32(22)26(25(24)29(31)35)27(33)18-10-14-23(36-2)20(30)15-18/h3-15,22,24-26H,1-2H3/t22-,24+,25-,26+/m1/s1. The number of ether oxygens (including phenoxy) is 1. The number of carbonyl (C=O) groups excluding carboxylic acids is 3. The molecule has 4 atom stereocenters. The van der Waals surface area contributed by atoms with Crippen molar-refractivity contribution in [2.45, 2.75) is 19.0 Å². The molecule has 0 spiro atoms. The number of fused-ring (bicyclic) bond motifs is 5. The molecule has 0 saturated carbocycles. The van der Waals surface area contributed by atoms with E-state index in [4.69, 9.17) is 4.74 Å². The monoisotopic (exact) mass is 542 g/mol. The molecule has 180 valence electrons. The van der Waals surface area contributed by atoms with E-state index >= 15 is 0 Å². The lowest BCUT2D eigenvalue weighted by molar-refractivity contribution is -0.122. The summed E-state index contributed by atoms with van der Waals surface area (Å²) < 4.78 is 5.98. The third kappa shape index (κ3) is 3.26. The summed E-state index contributed by atoms with van der Waals surface area (Å²) in [5.41, 5.74) is 3.84. The van der Waals surface area contributed by atoms with Gasteiger partial charge in [-0.1, -0.05) is 48.0 Å². The highest BCUT2D eigenvalue weighted by atomic mass is 79.9. The summed E-state index contributed by atoms with van der Waals surface area (Å²) in [6.07, 6.45) is 3.94. The molecule has 3 aliphatic heterocycles. The van der Waals surface area contributed by atoms with Gasteiger partial charge in [-0.15, -0.1) is 0 Å². The van der Waals surface area contributed by atoms with Gasteiger partial charge in [0.15, 0.2) is 5.78 Å². The maximum atomic E-state index is 14.1. The lowest BCUT2D eigenvalue weighted by atomic mass is 9.86. The van der Waals surface area contributed by atoms with Crippen LogP contribution in [0.4, 0.5) is 11.4 Å². The predicted molar refractivity (Wildman–Crippen MR) is 141 cm³/mol. The van der Waals surface area contributed by atoms with Crippen LogP contribution in [0.15, 0.2) is 77.3 Å². The second-order valence-corrected chi connectivity index (χ2v) is 10.2. The van der Waals surface area contributed by atoms with Gasteiger partial charge < -0.3 is 9.64 Å². The van der Waals surface area contributed by atoms with E-state index in [2.05, 4.69) is 15.9 Å². The van der Waals surface area contributed by atoms with Crippen LogP contribution < -0.4 is 14.5 Å². The van der Waals surface area contributed by atoms with E-state index in [-0.39, 0.29) is 17.6 Å². The van der Waals surface area contributed by atoms with Crippen LogP contribution in [0.1, 0.15) is 21.5 Å². The number of hydrogen-bond acceptors (Lipinski definition) is 5. The molecule has 2 amide bonds. The number of benzene rings is 3. The lowest BCUT2D eigenvalue weighted by Crippen LogP contribution is -2.48. The Balaban J connectivity index is 1.48. The summed E-state index contributed by atoms with van der Waals surface area (Å²) in [6.45, 7) is 1.95. The number of methoxy groups -OCH3 is 1. The number of aryl methyl sites for hydroxylation is 1. The lowest BCUT2D eigenvalue weighted by Gasteiger charge is -2.36. The average molecular weight is 543 g/mol. The molecule has 0 aromatic heterocycles. The van der Waals surface area contributed by atoms with Crippen molar-refractivity contribution in [2.75, 3.05) is 16.9 Å². The highest BCUT2D eigenvalue weighted by Crippen LogP contribution is 2.50. The van der Waals surface area contributed by atoms with Crippen LogP contribution in [0.3, 0.4) is 0 Å². The number of para-hydroxylation sites is 1. The summed E-state index contributed by atoms with van der Waals surface area (Å²) in [4.78, 5) is 45.1. The largest absolute Gasteiger partial charge is 0.496 e. The van der Waals surface area contributed by atoms with Crippen molar-refractivity contribution in [3.05, 3.63) is 94.0 Å². The summed E-state index contributed by atoms with van der Waals surface area (Å²) in [6, 6.07) is 19.0. The summed E-state index contributed by atoms with van der Waals surface area (Å²) in [5, 5.41) is 0. The normalized spacial score (nSPS) is 24.0. The summed E-state index contributed by atoms with van der Waals surface area (Å²) in [7, 11) is 1.56. The maximum Gasteiger partial charge on any atom is 0.240 e. The maximum absolute atomic E-state index is 14.1. The highest BCUT2D eigenvalue weighted by Gasteiger charge is 2.64. The van der Waals surface area contributed by atoms with E-state index in [1.165, 1.54) is 4.90 Å². The minimum Gasteiger partial charge on any atom is -0.496 e. The minimum atomic E-state index is -0.821. The Bertz CT molecular complexity index is 1450. The number of imide groups is 1. The van der Waals surface area contributed by atoms with Gasteiger partial charge in [-0.25, -0.2) is 4.90 Å². The van der Waals surface area contributed by atoms with E-state index in [9.17, 15) is 14.4 Å². The Morgan fingerprint density at radius 1 is 0.944 bits per heavy atom. The van der Waals surface area contributed by atoms with Crippen molar-refractivity contribution in [3.8, 4) is 5.75 Å². The van der Waals surface area contributed by atoms with Crippen LogP contribution in [0.5, 0.6) is 5.75 Å². The van der Waals surface area contributed by atoms with Gasteiger partial charge >= 0.3 is 0 Å². The first-order chi connectivity index (χ1) is 17.4. The Hall–Kier alpha value is -3.71. The Morgan fingerprint density at radius 2 is 1.67 bits per heavy atom. The average Bonchev–Trinajstić information content (AvgIpc) is 3.37. The molecule has 36 heavy (non-hydrogen) atoms. The molecule has 6 nitrogen and oxygen atoms in total. The smallest absolute Gasteiger partial charge is 0.240 e. The van der Waals surface area contributed by atoms with Gasteiger partial charge in [0, 0.05) is 11.3 Å². The SMILES string of the molecule is COc1ccc(C(=O)[C@@H]2[C@@H]3C(=O)N(c4ccc(C)cc4)C(=O)[C@H]3[C@H]3C=Cc4ccccc4N32)cc1Br. The van der Waals surface area contributed by atoms with E-state index in [1.807, 2.05) is 60.4 Å². The van der Waals surface area contributed by atoms with Crippen molar-refractivity contribution < 1.29 is 19.1 Å². The van der Waals surface area contributed by atoms with Crippen molar-refractivity contribution in [1.29, 1.82) is 0 Å². The van der Waals surface area contributed by atoms with E-state index < -0.39 is 23.9 Å². The van der Waals surface area contributed by atoms with Crippen LogP contribution in [-0.2, 0) is 9.59 Å². The molecule has 3 aliphatic rings. The number of nitrogens with zero attached hydrogens (tertiary/aromatic N) is 2. The van der Waals surface area contributed by atoms with Gasteiger partial charge in [0.2, 0.25) is 11.8 Å². The zero-order valence-electron chi connectivity index (χ0n) is 19.7. The third-order valence-electron chi connectivity index (χ3n) is 7.41. The quantitative estimate of drug-likeness (QED) is 0.341. The first kappa shape index (κ1) is 22.7. The molecule has 0 bridgehead atoms. The topological polar surface area (TPSA) is 66.9 Å². The molecule has 3 aromatic rings. The molecule has 2 fully saturated rings. The molecular formula is C29H23BrN2O4. The highest BCUT2D eigenvalue weighted by molar-refractivity contribution is 9.10. The summed E-state index contributed by atoms with van der Waals surface area (Å²) >= 11 is 3.47. The minimum absolute atomic E-state index is 0.201. The number of halogens is 1. The molecule has 7 heteroatoms. The zero-order valence-corrected chi connectivity index (χ0v) is 21.3. The second-order valence-electron chi connectivity index (χ2n) is 9.37. The van der Waals surface area contributed by atoms with Crippen molar-refractivity contribution in [1.82, 2.24) is 0 Å². The number of hydrogen-bond donors (Lipinski definition) is 0. The third-order valence-corrected chi connectivity index (χ3v) is 8.03. The molecule has 3 aromatic carbocycles. The van der Waals surface area contributed by atoms with Crippen LogP contribution in [-0.4, -0.2) is 36.8 Å². The van der Waals surface area contributed by atoms with Gasteiger partial charge in [-0.05, 0) is 64.8 Å². The molecule has 0 N–H and O–H groups in total. The molecule has 6 rings (SSSR count). The fraction of sp³-hybridized carbons (Fsp3) is 0.207. The molecule has 0 unspecified atom stereocenters. The fourth-order valence-electron chi connectivity index (χ4n) is 5.75. The van der Waals surface area contributed by atoms with Crippen molar-refractivity contribution >= 4 is 51.0 Å². The van der Waals surface area contributed by atoms with Crippen LogP contribution in [0.25, 0.3) is 6.08 Å². The molecule has 0 radical (unpaired) electrons. The molecule has 0 aliphatic carbocycles. The van der Waals surface area contributed by atoms with E-state index in [1.54, 1.807) is 37.4 Å². The van der Waals surface area contributed by atoms with Crippen LogP contribution in [0, 0.1) is 18.8 Å². The van der Waals surface area contributed by atoms with Crippen molar-refractivity contribution in [3.63, 3.8) is 0 Å². The van der Waals surface area contributed by atoms with Gasteiger partial charge in [-0.2, -0.15) is 0 Å². The molecule has 3 heterocycles. The van der Waals surface area contributed by atoms with E-state index in [0.29, 0.717) is 21.5 Å².